The van der Waals surface area contributed by atoms with Crippen LogP contribution in [0.25, 0.3) is 0 Å². The summed E-state index contributed by atoms with van der Waals surface area (Å²) < 4.78 is 81.4. The minimum atomic E-state index is -4.82. The van der Waals surface area contributed by atoms with Crippen molar-refractivity contribution in [1.29, 1.82) is 0 Å². The number of rotatable bonds is 6. The first-order chi connectivity index (χ1) is 16.6. The molecule has 2 aromatic rings. The van der Waals surface area contributed by atoms with Gasteiger partial charge >= 0.3 is 6.18 Å². The van der Waals surface area contributed by atoms with Crippen molar-refractivity contribution in [1.82, 2.24) is 10.3 Å². The summed E-state index contributed by atoms with van der Waals surface area (Å²) in [5, 5.41) is 2.51. The molecule has 1 aliphatic heterocycles. The third-order valence-electron chi connectivity index (χ3n) is 6.84. The number of hydrogen-bond donors (Lipinski definition) is 3. The Balaban J connectivity index is 2.14. The number of aryl methyl sites for hydroxylation is 1. The van der Waals surface area contributed by atoms with Crippen molar-refractivity contribution >= 4 is 5.91 Å². The highest BCUT2D eigenvalue weighted by molar-refractivity contribution is 5.80. The number of ether oxygens (including phenoxy) is 2. The Hall–Kier alpha value is -2.99. The van der Waals surface area contributed by atoms with E-state index in [1.54, 1.807) is 0 Å². The molecule has 0 spiro atoms. The van der Waals surface area contributed by atoms with Gasteiger partial charge in [0.2, 0.25) is 11.7 Å². The molecule has 1 aromatic carbocycles. The molecule has 0 unspecified atom stereocenters. The second kappa shape index (κ2) is 9.81. The summed E-state index contributed by atoms with van der Waals surface area (Å²) in [7, 11) is 1.08. The Labute approximate surface area is 204 Å². The van der Waals surface area contributed by atoms with E-state index in [9.17, 15) is 31.5 Å². The largest absolute Gasteiger partial charge is 0.493 e. The maximum absolute atomic E-state index is 14.5. The van der Waals surface area contributed by atoms with E-state index in [2.05, 4.69) is 10.3 Å². The lowest BCUT2D eigenvalue weighted by Crippen LogP contribution is -2.46. The van der Waals surface area contributed by atoms with Gasteiger partial charge in [0.05, 0.1) is 13.2 Å². The standard InChI is InChI=1S/C24H28F5N3O4/c1-10-18(13-6-7-15(25)19(26)20(13)35-5)21(36-23(10,4)24(27,28)29)16-8-17(33)14(12(3)32-16)9-31-22(34)11(2)30/h6-8,10-11,18,21H,9,30H2,1-5H3,(H,31,34)(H,32,33)/t10-,11+,18-,21-,23+/m0/s1. The molecule has 12 heteroatoms. The van der Waals surface area contributed by atoms with Gasteiger partial charge in [-0.3, -0.25) is 9.59 Å². The van der Waals surface area contributed by atoms with Gasteiger partial charge in [0.1, 0.15) is 6.10 Å². The molecule has 1 saturated heterocycles. The Morgan fingerprint density at radius 2 is 1.97 bits per heavy atom. The number of pyridine rings is 1. The number of nitrogens with two attached hydrogens (primary N) is 1. The van der Waals surface area contributed by atoms with Gasteiger partial charge in [-0.25, -0.2) is 4.39 Å². The molecular weight excluding hydrogens is 489 g/mol. The number of carbonyl (C=O) groups excluding carboxylic acids is 1. The van der Waals surface area contributed by atoms with Crippen LogP contribution in [0.4, 0.5) is 22.0 Å². The lowest BCUT2D eigenvalue weighted by atomic mass is 9.76. The van der Waals surface area contributed by atoms with Crippen LogP contribution in [0.1, 0.15) is 55.3 Å². The van der Waals surface area contributed by atoms with E-state index in [0.29, 0.717) is 0 Å². The number of alkyl halides is 3. The molecule has 7 nitrogen and oxygen atoms in total. The molecule has 3 rings (SSSR count). The maximum atomic E-state index is 14.5. The van der Waals surface area contributed by atoms with Gasteiger partial charge in [-0.2, -0.15) is 17.6 Å². The smallest absolute Gasteiger partial charge is 0.417 e. The van der Waals surface area contributed by atoms with Crippen molar-refractivity contribution in [3.05, 3.63) is 62.6 Å². The zero-order valence-corrected chi connectivity index (χ0v) is 20.3. The highest BCUT2D eigenvalue weighted by Crippen LogP contribution is 2.59. The number of aromatic amines is 1. The maximum Gasteiger partial charge on any atom is 0.417 e. The molecule has 1 aromatic heterocycles. The molecule has 5 atom stereocenters. The van der Waals surface area contributed by atoms with Gasteiger partial charge in [-0.05, 0) is 26.8 Å². The fourth-order valence-electron chi connectivity index (χ4n) is 4.53. The monoisotopic (exact) mass is 517 g/mol. The molecule has 0 saturated carbocycles. The molecule has 36 heavy (non-hydrogen) atoms. The van der Waals surface area contributed by atoms with Crippen LogP contribution in [0.15, 0.2) is 23.0 Å². The number of halogens is 5. The van der Waals surface area contributed by atoms with E-state index in [1.807, 2.05) is 0 Å². The van der Waals surface area contributed by atoms with Crippen LogP contribution in [0, 0.1) is 24.5 Å². The average molecular weight is 517 g/mol. The van der Waals surface area contributed by atoms with Crippen molar-refractivity contribution in [3.8, 4) is 5.75 Å². The lowest BCUT2D eigenvalue weighted by molar-refractivity contribution is -0.275. The number of hydrogen-bond acceptors (Lipinski definition) is 5. The Kier molecular flexibility index (Phi) is 7.52. The van der Waals surface area contributed by atoms with Crippen LogP contribution in [0.2, 0.25) is 0 Å². The van der Waals surface area contributed by atoms with E-state index in [4.69, 9.17) is 15.2 Å². The van der Waals surface area contributed by atoms with Gasteiger partial charge in [0.15, 0.2) is 22.6 Å². The first-order valence-corrected chi connectivity index (χ1v) is 11.2. The summed E-state index contributed by atoms with van der Waals surface area (Å²) in [6.45, 7) is 5.01. The Morgan fingerprint density at radius 3 is 2.50 bits per heavy atom. The number of benzene rings is 1. The number of nitrogens with one attached hydrogen (secondary N) is 2. The van der Waals surface area contributed by atoms with Gasteiger partial charge in [0.25, 0.3) is 0 Å². The van der Waals surface area contributed by atoms with Crippen LogP contribution >= 0.6 is 0 Å². The van der Waals surface area contributed by atoms with E-state index in [-0.39, 0.29) is 29.1 Å². The van der Waals surface area contributed by atoms with E-state index >= 15 is 0 Å². The lowest BCUT2D eigenvalue weighted by Gasteiger charge is -2.32. The first kappa shape index (κ1) is 27.6. The van der Waals surface area contributed by atoms with Crippen molar-refractivity contribution in [2.45, 2.75) is 64.1 Å². The SMILES string of the molecule is COc1c([C@H]2[C@H](c3cc(=O)c(CNC(=O)[C@@H](C)N)c(C)[nH]3)O[C@@](C)(C(F)(F)F)[C@H]2C)ccc(F)c1F. The first-order valence-electron chi connectivity index (χ1n) is 11.2. The molecule has 2 heterocycles. The minimum Gasteiger partial charge on any atom is -0.493 e. The van der Waals surface area contributed by atoms with Crippen LogP contribution in [-0.4, -0.2) is 35.8 Å². The summed E-state index contributed by atoms with van der Waals surface area (Å²) in [6, 6.07) is 2.24. The van der Waals surface area contributed by atoms with Gasteiger partial charge < -0.3 is 25.5 Å². The minimum absolute atomic E-state index is 0.0105. The third-order valence-corrected chi connectivity index (χ3v) is 6.84. The molecular formula is C24H28F5N3O4. The molecule has 1 aliphatic rings. The van der Waals surface area contributed by atoms with Gasteiger partial charge in [-0.1, -0.05) is 13.0 Å². The fraction of sp³-hybridized carbons (Fsp3) is 0.500. The van der Waals surface area contributed by atoms with E-state index in [1.165, 1.54) is 20.8 Å². The quantitative estimate of drug-likeness (QED) is 0.507. The summed E-state index contributed by atoms with van der Waals surface area (Å²) in [5.41, 5.74) is 2.72. The number of H-pyrrole nitrogens is 1. The van der Waals surface area contributed by atoms with Gasteiger partial charge in [0, 0.05) is 47.0 Å². The molecule has 1 fully saturated rings. The van der Waals surface area contributed by atoms with Crippen molar-refractivity contribution in [2.24, 2.45) is 11.7 Å². The number of aromatic nitrogens is 1. The predicted octanol–water partition coefficient (Wildman–Crippen LogP) is 3.75. The number of methoxy groups -OCH3 is 1. The summed E-state index contributed by atoms with van der Waals surface area (Å²) >= 11 is 0. The molecule has 198 valence electrons. The van der Waals surface area contributed by atoms with Crippen LogP contribution in [0.3, 0.4) is 0 Å². The van der Waals surface area contributed by atoms with Crippen LogP contribution < -0.4 is 21.2 Å². The van der Waals surface area contributed by atoms with E-state index in [0.717, 1.165) is 32.2 Å². The topological polar surface area (TPSA) is 106 Å². The second-order valence-corrected chi connectivity index (χ2v) is 9.14. The normalized spacial score (nSPS) is 25.0. The van der Waals surface area contributed by atoms with Gasteiger partial charge in [-0.15, -0.1) is 0 Å². The fourth-order valence-corrected chi connectivity index (χ4v) is 4.53. The highest BCUT2D eigenvalue weighted by atomic mass is 19.4. The van der Waals surface area contributed by atoms with Crippen LogP contribution in [-0.2, 0) is 16.1 Å². The molecule has 0 aliphatic carbocycles. The molecule has 4 N–H and O–H groups in total. The predicted molar refractivity (Wildman–Crippen MR) is 120 cm³/mol. The van der Waals surface area contributed by atoms with Crippen molar-refractivity contribution < 1.29 is 36.2 Å². The Bertz CT molecular complexity index is 1210. The summed E-state index contributed by atoms with van der Waals surface area (Å²) in [5.74, 6) is -6.04. The van der Waals surface area contributed by atoms with Crippen molar-refractivity contribution in [2.75, 3.05) is 7.11 Å². The molecule has 1 amide bonds. The Morgan fingerprint density at radius 1 is 1.33 bits per heavy atom. The summed E-state index contributed by atoms with van der Waals surface area (Å²) in [6.07, 6.45) is -6.20. The number of amides is 1. The highest BCUT2D eigenvalue weighted by Gasteiger charge is 2.65. The second-order valence-electron chi connectivity index (χ2n) is 9.14. The zero-order chi connectivity index (χ0) is 27.2. The molecule has 0 bridgehead atoms. The van der Waals surface area contributed by atoms with Crippen LogP contribution in [0.5, 0.6) is 5.75 Å². The number of carbonyl (C=O) groups is 1. The van der Waals surface area contributed by atoms with Crippen molar-refractivity contribution in [3.63, 3.8) is 0 Å². The zero-order valence-electron chi connectivity index (χ0n) is 20.3. The third kappa shape index (κ3) is 4.71. The average Bonchev–Trinajstić information content (AvgIpc) is 3.06. The van der Waals surface area contributed by atoms with E-state index < -0.39 is 64.5 Å². The summed E-state index contributed by atoms with van der Waals surface area (Å²) in [4.78, 5) is 27.6. The molecule has 0 radical (unpaired) electrons.